The quantitative estimate of drug-likeness (QED) is 0.852. The van der Waals surface area contributed by atoms with Gasteiger partial charge in [-0.15, -0.1) is 0 Å². The zero-order valence-corrected chi connectivity index (χ0v) is 12.3. The molecule has 0 aliphatic rings. The summed E-state index contributed by atoms with van der Waals surface area (Å²) in [6.45, 7) is 3.47. The molecule has 0 unspecified atom stereocenters. The van der Waals surface area contributed by atoms with E-state index in [1.807, 2.05) is 24.4 Å². The lowest BCUT2D eigenvalue weighted by Gasteiger charge is -2.22. The Morgan fingerprint density at radius 2 is 1.80 bits per heavy atom. The fourth-order valence-corrected chi connectivity index (χ4v) is 2.25. The van der Waals surface area contributed by atoms with Gasteiger partial charge in [-0.05, 0) is 42.3 Å². The fourth-order valence-electron chi connectivity index (χ4n) is 2.13. The first-order valence-electron chi connectivity index (χ1n) is 6.83. The number of benzene rings is 1. The third-order valence-corrected chi connectivity index (χ3v) is 3.38. The van der Waals surface area contributed by atoms with Crippen molar-refractivity contribution in [3.8, 4) is 0 Å². The summed E-state index contributed by atoms with van der Waals surface area (Å²) in [5.41, 5.74) is 8.11. The predicted molar refractivity (Wildman–Crippen MR) is 83.5 cm³/mol. The van der Waals surface area contributed by atoms with Crippen LogP contribution in [-0.2, 0) is 13.1 Å². The third kappa shape index (κ3) is 4.93. The molecule has 106 valence electrons. The maximum atomic E-state index is 5.92. The van der Waals surface area contributed by atoms with Crippen LogP contribution in [0.25, 0.3) is 0 Å². The van der Waals surface area contributed by atoms with Gasteiger partial charge >= 0.3 is 0 Å². The van der Waals surface area contributed by atoms with Crippen molar-refractivity contribution in [3.05, 3.63) is 64.9 Å². The minimum atomic E-state index is 0.712. The van der Waals surface area contributed by atoms with E-state index in [0.29, 0.717) is 6.54 Å². The van der Waals surface area contributed by atoms with Crippen molar-refractivity contribution in [1.82, 2.24) is 9.88 Å². The van der Waals surface area contributed by atoms with Crippen LogP contribution < -0.4 is 5.73 Å². The van der Waals surface area contributed by atoms with Crippen molar-refractivity contribution >= 4 is 11.6 Å². The summed E-state index contributed by atoms with van der Waals surface area (Å²) in [4.78, 5) is 6.55. The highest BCUT2D eigenvalue weighted by Gasteiger charge is 2.07. The molecule has 4 heteroatoms. The van der Waals surface area contributed by atoms with Gasteiger partial charge in [0.15, 0.2) is 0 Å². The minimum Gasteiger partial charge on any atom is -0.330 e. The number of hydrogen-bond donors (Lipinski definition) is 1. The molecule has 0 bridgehead atoms. The number of pyridine rings is 1. The molecule has 0 spiro atoms. The van der Waals surface area contributed by atoms with E-state index in [-0.39, 0.29) is 0 Å². The highest BCUT2D eigenvalue weighted by Crippen LogP contribution is 2.13. The highest BCUT2D eigenvalue weighted by molar-refractivity contribution is 6.30. The Kier molecular flexibility index (Phi) is 5.99. The molecule has 0 saturated heterocycles. The summed E-state index contributed by atoms with van der Waals surface area (Å²) in [5.74, 6) is 0. The Bertz CT molecular complexity index is 499. The number of aromatic nitrogens is 1. The van der Waals surface area contributed by atoms with Gasteiger partial charge < -0.3 is 5.73 Å². The van der Waals surface area contributed by atoms with Crippen LogP contribution in [0.4, 0.5) is 0 Å². The first kappa shape index (κ1) is 15.0. The van der Waals surface area contributed by atoms with Crippen molar-refractivity contribution in [2.45, 2.75) is 19.5 Å². The molecule has 2 rings (SSSR count). The zero-order chi connectivity index (χ0) is 14.2. The molecule has 1 aromatic carbocycles. The minimum absolute atomic E-state index is 0.712. The van der Waals surface area contributed by atoms with Crippen LogP contribution in [0.1, 0.15) is 17.5 Å². The number of rotatable bonds is 7. The summed E-state index contributed by atoms with van der Waals surface area (Å²) in [6.07, 6.45) is 4.71. The Balaban J connectivity index is 2.01. The molecule has 1 heterocycles. The molecule has 0 aliphatic carbocycles. The van der Waals surface area contributed by atoms with Crippen molar-refractivity contribution in [2.75, 3.05) is 13.1 Å². The van der Waals surface area contributed by atoms with Gasteiger partial charge in [0.25, 0.3) is 0 Å². The summed E-state index contributed by atoms with van der Waals surface area (Å²) in [7, 11) is 0. The van der Waals surface area contributed by atoms with Gasteiger partial charge in [0.05, 0.1) is 0 Å². The second-order valence-electron chi connectivity index (χ2n) is 4.84. The Hall–Kier alpha value is -1.42. The summed E-state index contributed by atoms with van der Waals surface area (Å²) in [6, 6.07) is 12.1. The number of halogens is 1. The van der Waals surface area contributed by atoms with Gasteiger partial charge in [0.2, 0.25) is 0 Å². The largest absolute Gasteiger partial charge is 0.330 e. The molecule has 0 fully saturated rings. The van der Waals surface area contributed by atoms with Gasteiger partial charge in [-0.2, -0.15) is 0 Å². The van der Waals surface area contributed by atoms with E-state index in [9.17, 15) is 0 Å². The van der Waals surface area contributed by atoms with E-state index in [1.54, 1.807) is 6.20 Å². The third-order valence-electron chi connectivity index (χ3n) is 3.13. The average Bonchev–Trinajstić information content (AvgIpc) is 2.48. The normalized spacial score (nSPS) is 10.9. The highest BCUT2D eigenvalue weighted by atomic mass is 35.5. The van der Waals surface area contributed by atoms with E-state index in [2.05, 4.69) is 28.1 Å². The molecule has 0 radical (unpaired) electrons. The number of nitrogens with two attached hydrogens (primary N) is 1. The fraction of sp³-hybridized carbons (Fsp3) is 0.312. The molecule has 20 heavy (non-hydrogen) atoms. The molecule has 2 aromatic rings. The smallest absolute Gasteiger partial charge is 0.0406 e. The lowest BCUT2D eigenvalue weighted by Crippen LogP contribution is -2.25. The number of nitrogens with zero attached hydrogens (tertiary/aromatic N) is 2. The second kappa shape index (κ2) is 8.00. The molecular weight excluding hydrogens is 270 g/mol. The van der Waals surface area contributed by atoms with Crippen LogP contribution in [0, 0.1) is 0 Å². The molecule has 0 amide bonds. The summed E-state index contributed by atoms with van der Waals surface area (Å²) in [5, 5.41) is 0.773. The van der Waals surface area contributed by atoms with E-state index in [4.69, 9.17) is 17.3 Å². The molecular formula is C16H20ClN3. The second-order valence-corrected chi connectivity index (χ2v) is 5.28. The van der Waals surface area contributed by atoms with Gasteiger partial charge in [-0.1, -0.05) is 29.8 Å². The molecule has 2 N–H and O–H groups in total. The van der Waals surface area contributed by atoms with E-state index in [0.717, 1.165) is 31.1 Å². The lowest BCUT2D eigenvalue weighted by molar-refractivity contribution is 0.255. The monoisotopic (exact) mass is 289 g/mol. The average molecular weight is 290 g/mol. The van der Waals surface area contributed by atoms with Crippen LogP contribution in [0.2, 0.25) is 5.02 Å². The van der Waals surface area contributed by atoms with Gasteiger partial charge in [-0.3, -0.25) is 9.88 Å². The van der Waals surface area contributed by atoms with Crippen molar-refractivity contribution in [2.24, 2.45) is 5.73 Å². The molecule has 3 nitrogen and oxygen atoms in total. The molecule has 0 aliphatic heterocycles. The first-order chi connectivity index (χ1) is 9.78. The van der Waals surface area contributed by atoms with Crippen LogP contribution in [-0.4, -0.2) is 23.0 Å². The zero-order valence-electron chi connectivity index (χ0n) is 11.5. The number of hydrogen-bond acceptors (Lipinski definition) is 3. The molecule has 1 aromatic heterocycles. The maximum absolute atomic E-state index is 5.92. The van der Waals surface area contributed by atoms with Crippen LogP contribution in [0.3, 0.4) is 0 Å². The Morgan fingerprint density at radius 3 is 2.45 bits per heavy atom. The van der Waals surface area contributed by atoms with Gasteiger partial charge in [-0.25, -0.2) is 0 Å². The maximum Gasteiger partial charge on any atom is 0.0406 e. The summed E-state index contributed by atoms with van der Waals surface area (Å²) < 4.78 is 0. The van der Waals surface area contributed by atoms with Crippen LogP contribution in [0.15, 0.2) is 48.8 Å². The standard InChI is InChI=1S/C16H20ClN3/c17-16-6-4-14(5-7-16)12-20(10-2-8-18)13-15-3-1-9-19-11-15/h1,3-7,9,11H,2,8,10,12-13,18H2. The molecule has 0 saturated carbocycles. The van der Waals surface area contributed by atoms with Crippen molar-refractivity contribution in [1.29, 1.82) is 0 Å². The topological polar surface area (TPSA) is 42.1 Å². The van der Waals surface area contributed by atoms with E-state index in [1.165, 1.54) is 11.1 Å². The molecule has 0 atom stereocenters. The SMILES string of the molecule is NCCCN(Cc1ccc(Cl)cc1)Cc1cccnc1. The van der Waals surface area contributed by atoms with E-state index < -0.39 is 0 Å². The Morgan fingerprint density at radius 1 is 1.05 bits per heavy atom. The first-order valence-corrected chi connectivity index (χ1v) is 7.21. The van der Waals surface area contributed by atoms with Gasteiger partial charge in [0.1, 0.15) is 0 Å². The van der Waals surface area contributed by atoms with Gasteiger partial charge in [0, 0.05) is 37.1 Å². The van der Waals surface area contributed by atoms with Crippen molar-refractivity contribution in [3.63, 3.8) is 0 Å². The Labute approximate surface area is 125 Å². The van der Waals surface area contributed by atoms with E-state index >= 15 is 0 Å². The summed E-state index contributed by atoms with van der Waals surface area (Å²) >= 11 is 5.92. The lowest BCUT2D eigenvalue weighted by atomic mass is 10.2. The van der Waals surface area contributed by atoms with Crippen LogP contribution >= 0.6 is 11.6 Å². The predicted octanol–water partition coefficient (Wildman–Crippen LogP) is 3.09. The van der Waals surface area contributed by atoms with Crippen LogP contribution in [0.5, 0.6) is 0 Å². The van der Waals surface area contributed by atoms with Crippen molar-refractivity contribution < 1.29 is 0 Å².